The summed E-state index contributed by atoms with van der Waals surface area (Å²) in [6, 6.07) is 7.74. The highest BCUT2D eigenvalue weighted by molar-refractivity contribution is 8.00. The fraction of sp³-hybridized carbons (Fsp3) is 0.533. The second kappa shape index (κ2) is 7.56. The van der Waals surface area contributed by atoms with Crippen molar-refractivity contribution < 1.29 is 9.90 Å². The van der Waals surface area contributed by atoms with E-state index in [2.05, 4.69) is 0 Å². The van der Waals surface area contributed by atoms with Gasteiger partial charge in [0.1, 0.15) is 0 Å². The average Bonchev–Trinajstić information content (AvgIpc) is 2.74. The van der Waals surface area contributed by atoms with Crippen LogP contribution in [0.25, 0.3) is 0 Å². The molecular weight excluding hydrogens is 258 g/mol. The number of amides is 1. The van der Waals surface area contributed by atoms with Crippen molar-refractivity contribution in [1.82, 2.24) is 4.90 Å². The second-order valence-corrected chi connectivity index (χ2v) is 5.94. The van der Waals surface area contributed by atoms with Gasteiger partial charge in [0.05, 0.1) is 12.4 Å². The topological polar surface area (TPSA) is 40.5 Å². The summed E-state index contributed by atoms with van der Waals surface area (Å²) in [5.41, 5.74) is 0.896. The number of likely N-dealkylation sites (tertiary alicyclic amines) is 1. The molecule has 0 atom stereocenters. The minimum Gasteiger partial charge on any atom is -0.392 e. The van der Waals surface area contributed by atoms with Crippen LogP contribution in [0.5, 0.6) is 0 Å². The number of rotatable bonds is 4. The molecule has 1 saturated heterocycles. The summed E-state index contributed by atoms with van der Waals surface area (Å²) in [4.78, 5) is 15.2. The van der Waals surface area contributed by atoms with Gasteiger partial charge in [-0.25, -0.2) is 0 Å². The highest BCUT2D eigenvalue weighted by Gasteiger charge is 2.15. The van der Waals surface area contributed by atoms with E-state index < -0.39 is 0 Å². The normalized spacial score (nSPS) is 16.2. The first-order valence-corrected chi connectivity index (χ1v) is 7.88. The van der Waals surface area contributed by atoms with E-state index in [0.29, 0.717) is 5.75 Å². The average molecular weight is 279 g/mol. The van der Waals surface area contributed by atoms with Gasteiger partial charge in [0, 0.05) is 18.0 Å². The fourth-order valence-electron chi connectivity index (χ4n) is 2.29. The van der Waals surface area contributed by atoms with Crippen molar-refractivity contribution in [2.75, 3.05) is 18.8 Å². The van der Waals surface area contributed by atoms with Gasteiger partial charge in [-0.05, 0) is 30.5 Å². The van der Waals surface area contributed by atoms with Crippen molar-refractivity contribution in [3.8, 4) is 0 Å². The lowest BCUT2D eigenvalue weighted by molar-refractivity contribution is -0.128. The molecule has 3 nitrogen and oxygen atoms in total. The molecule has 1 aliphatic rings. The van der Waals surface area contributed by atoms with Crippen LogP contribution in [0.2, 0.25) is 0 Å². The minimum atomic E-state index is 0.0501. The predicted molar refractivity (Wildman–Crippen MR) is 78.1 cm³/mol. The number of aliphatic hydroxyl groups is 1. The van der Waals surface area contributed by atoms with Gasteiger partial charge in [0.2, 0.25) is 5.91 Å². The zero-order valence-corrected chi connectivity index (χ0v) is 12.0. The number of aliphatic hydroxyl groups excluding tert-OH is 1. The van der Waals surface area contributed by atoms with Gasteiger partial charge in [-0.2, -0.15) is 0 Å². The summed E-state index contributed by atoms with van der Waals surface area (Å²) in [6.45, 7) is 1.88. The lowest BCUT2D eigenvalue weighted by Gasteiger charge is -2.20. The Kier molecular flexibility index (Phi) is 5.73. The SMILES string of the molecule is O=C(CSc1cccc(CO)c1)N1CCCCCC1. The van der Waals surface area contributed by atoms with Gasteiger partial charge >= 0.3 is 0 Å². The Hall–Kier alpha value is -1.00. The molecule has 1 fully saturated rings. The predicted octanol–water partition coefficient (Wildman–Crippen LogP) is 2.67. The van der Waals surface area contributed by atoms with Crippen molar-refractivity contribution in [3.05, 3.63) is 29.8 Å². The van der Waals surface area contributed by atoms with Crippen molar-refractivity contribution in [2.45, 2.75) is 37.2 Å². The van der Waals surface area contributed by atoms with E-state index in [1.807, 2.05) is 29.2 Å². The van der Waals surface area contributed by atoms with Gasteiger partial charge in [-0.1, -0.05) is 25.0 Å². The number of hydrogen-bond donors (Lipinski definition) is 1. The molecule has 0 spiro atoms. The number of nitrogens with zero attached hydrogens (tertiary/aromatic N) is 1. The maximum atomic E-state index is 12.1. The van der Waals surface area contributed by atoms with Crippen molar-refractivity contribution in [2.24, 2.45) is 0 Å². The van der Waals surface area contributed by atoms with Crippen molar-refractivity contribution in [3.63, 3.8) is 0 Å². The number of benzene rings is 1. The summed E-state index contributed by atoms with van der Waals surface area (Å²) in [5, 5.41) is 9.09. The molecule has 0 saturated carbocycles. The van der Waals surface area contributed by atoms with E-state index >= 15 is 0 Å². The lowest BCUT2D eigenvalue weighted by Crippen LogP contribution is -2.33. The van der Waals surface area contributed by atoms with E-state index in [4.69, 9.17) is 5.11 Å². The molecule has 104 valence electrons. The molecule has 1 N–H and O–H groups in total. The Morgan fingerprint density at radius 2 is 1.95 bits per heavy atom. The van der Waals surface area contributed by atoms with Crippen LogP contribution in [0.4, 0.5) is 0 Å². The maximum Gasteiger partial charge on any atom is 0.232 e. The highest BCUT2D eigenvalue weighted by Crippen LogP contribution is 2.20. The molecule has 2 rings (SSSR count). The minimum absolute atomic E-state index is 0.0501. The zero-order chi connectivity index (χ0) is 13.5. The number of carbonyl (C=O) groups is 1. The smallest absolute Gasteiger partial charge is 0.232 e. The van der Waals surface area contributed by atoms with Crippen molar-refractivity contribution in [1.29, 1.82) is 0 Å². The molecular formula is C15H21NO2S. The first-order chi connectivity index (χ1) is 9.29. The molecule has 1 amide bonds. The number of hydrogen-bond acceptors (Lipinski definition) is 3. The summed E-state index contributed by atoms with van der Waals surface area (Å²) >= 11 is 1.56. The second-order valence-electron chi connectivity index (χ2n) is 4.89. The lowest BCUT2D eigenvalue weighted by atomic mass is 10.2. The van der Waals surface area contributed by atoms with Gasteiger partial charge in [-0.15, -0.1) is 11.8 Å². The van der Waals surface area contributed by atoms with Crippen molar-refractivity contribution >= 4 is 17.7 Å². The largest absolute Gasteiger partial charge is 0.392 e. The Balaban J connectivity index is 1.84. The highest BCUT2D eigenvalue weighted by atomic mass is 32.2. The van der Waals surface area contributed by atoms with Gasteiger partial charge < -0.3 is 10.0 Å². The van der Waals surface area contributed by atoms with Crippen LogP contribution in [0, 0.1) is 0 Å². The van der Waals surface area contributed by atoms with Gasteiger partial charge in [-0.3, -0.25) is 4.79 Å². The first kappa shape index (κ1) is 14.4. The van der Waals surface area contributed by atoms with Crippen LogP contribution in [-0.2, 0) is 11.4 Å². The molecule has 1 aromatic carbocycles. The third-order valence-electron chi connectivity index (χ3n) is 3.40. The number of thioether (sulfide) groups is 1. The van der Waals surface area contributed by atoms with E-state index in [0.717, 1.165) is 36.4 Å². The Labute approximate surface area is 119 Å². The van der Waals surface area contributed by atoms with E-state index in [1.165, 1.54) is 12.8 Å². The van der Waals surface area contributed by atoms with Gasteiger partial charge in [0.25, 0.3) is 0 Å². The molecule has 0 aromatic heterocycles. The third-order valence-corrected chi connectivity index (χ3v) is 4.38. The Morgan fingerprint density at radius 3 is 2.63 bits per heavy atom. The Bertz CT molecular complexity index is 414. The third kappa shape index (κ3) is 4.55. The first-order valence-electron chi connectivity index (χ1n) is 6.90. The van der Waals surface area contributed by atoms with Gasteiger partial charge in [0.15, 0.2) is 0 Å². The quantitative estimate of drug-likeness (QED) is 0.861. The summed E-state index contributed by atoms with van der Waals surface area (Å²) in [6.07, 6.45) is 4.76. The molecule has 4 heteroatoms. The summed E-state index contributed by atoms with van der Waals surface area (Å²) in [7, 11) is 0. The standard InChI is InChI=1S/C15H21NO2S/c17-11-13-6-5-7-14(10-13)19-12-15(18)16-8-3-1-2-4-9-16/h5-7,10,17H,1-4,8-9,11-12H2. The van der Waals surface area contributed by atoms with Crippen LogP contribution in [0.3, 0.4) is 0 Å². The number of carbonyl (C=O) groups excluding carboxylic acids is 1. The molecule has 1 aliphatic heterocycles. The van der Waals surface area contributed by atoms with Crippen LogP contribution in [-0.4, -0.2) is 34.8 Å². The monoisotopic (exact) mass is 279 g/mol. The molecule has 0 unspecified atom stereocenters. The van der Waals surface area contributed by atoms with Crippen LogP contribution in [0.15, 0.2) is 29.2 Å². The zero-order valence-electron chi connectivity index (χ0n) is 11.2. The van der Waals surface area contributed by atoms with Crippen LogP contribution in [0.1, 0.15) is 31.2 Å². The van der Waals surface area contributed by atoms with E-state index in [9.17, 15) is 4.79 Å². The molecule has 0 bridgehead atoms. The molecule has 1 aromatic rings. The molecule has 0 radical (unpaired) electrons. The molecule has 1 heterocycles. The van der Waals surface area contributed by atoms with Crippen LogP contribution < -0.4 is 0 Å². The molecule has 19 heavy (non-hydrogen) atoms. The van der Waals surface area contributed by atoms with Crippen LogP contribution >= 0.6 is 11.8 Å². The summed E-state index contributed by atoms with van der Waals surface area (Å²) < 4.78 is 0. The van der Waals surface area contributed by atoms with E-state index in [1.54, 1.807) is 11.8 Å². The van der Waals surface area contributed by atoms with E-state index in [-0.39, 0.29) is 12.5 Å². The summed E-state index contributed by atoms with van der Waals surface area (Å²) in [5.74, 6) is 0.732. The maximum absolute atomic E-state index is 12.1. The molecule has 0 aliphatic carbocycles. The Morgan fingerprint density at radius 1 is 1.21 bits per heavy atom. The fourth-order valence-corrected chi connectivity index (χ4v) is 3.17.